The predicted octanol–water partition coefficient (Wildman–Crippen LogP) is 1.15. The molecule has 0 spiro atoms. The molecule has 56 valence electrons. The van der Waals surface area contributed by atoms with E-state index in [4.69, 9.17) is 5.90 Å². The van der Waals surface area contributed by atoms with Crippen LogP contribution < -0.4 is 5.90 Å². The molecule has 1 aromatic rings. The van der Waals surface area contributed by atoms with E-state index >= 15 is 0 Å². The molecule has 0 unspecified atom stereocenters. The van der Waals surface area contributed by atoms with Gasteiger partial charge in [0.05, 0.1) is 15.6 Å². The molecule has 0 aliphatic heterocycles. The molecule has 1 aromatic heterocycles. The Labute approximate surface area is 63.8 Å². The third kappa shape index (κ3) is 1.53. The Morgan fingerprint density at radius 1 is 1.60 bits per heavy atom. The van der Waals surface area contributed by atoms with Crippen molar-refractivity contribution in [1.29, 1.82) is 0 Å². The lowest BCUT2D eigenvalue weighted by Gasteiger charge is -1.91. The summed E-state index contributed by atoms with van der Waals surface area (Å²) in [6.45, 7) is 4.40. The summed E-state index contributed by atoms with van der Waals surface area (Å²) in [5, 5.41) is 1.06. The lowest BCUT2D eigenvalue weighted by atomic mass is 10.4. The maximum absolute atomic E-state index is 4.92. The molecule has 0 radical (unpaired) electrons. The minimum Gasteiger partial charge on any atom is -0.299 e. The van der Waals surface area contributed by atoms with E-state index in [0.717, 1.165) is 15.6 Å². The molecular weight excluding hydrogens is 148 g/mol. The van der Waals surface area contributed by atoms with E-state index in [9.17, 15) is 0 Å². The van der Waals surface area contributed by atoms with Crippen LogP contribution in [0.2, 0.25) is 0 Å². The first-order chi connectivity index (χ1) is 4.74. The lowest BCUT2D eigenvalue weighted by molar-refractivity contribution is 0.126. The van der Waals surface area contributed by atoms with E-state index in [1.165, 1.54) is 0 Å². The van der Waals surface area contributed by atoms with Gasteiger partial charge in [-0.3, -0.25) is 4.84 Å². The number of nitrogens with zero attached hydrogens (tertiary/aromatic N) is 1. The maximum atomic E-state index is 4.92. The molecule has 0 atom stereocenters. The number of aromatic nitrogens is 1. The van der Waals surface area contributed by atoms with Crippen LogP contribution >= 0.6 is 11.3 Å². The van der Waals surface area contributed by atoms with Crippen LogP contribution in [0.3, 0.4) is 0 Å². The Morgan fingerprint density at radius 3 is 2.70 bits per heavy atom. The topological polar surface area (TPSA) is 48.1 Å². The second kappa shape index (κ2) is 3.09. The smallest absolute Gasteiger partial charge is 0.104 e. The van der Waals surface area contributed by atoms with Gasteiger partial charge in [0, 0.05) is 0 Å². The molecule has 0 aliphatic carbocycles. The van der Waals surface area contributed by atoms with Crippen LogP contribution in [-0.2, 0) is 11.4 Å². The van der Waals surface area contributed by atoms with E-state index in [1.54, 1.807) is 11.3 Å². The highest BCUT2D eigenvalue weighted by Crippen LogP contribution is 2.16. The summed E-state index contributed by atoms with van der Waals surface area (Å²) in [5.41, 5.74) is 1.02. The second-order valence-electron chi connectivity index (χ2n) is 2.05. The van der Waals surface area contributed by atoms with E-state index < -0.39 is 0 Å². The minimum atomic E-state index is 0.470. The van der Waals surface area contributed by atoms with Gasteiger partial charge in [-0.05, 0) is 13.8 Å². The van der Waals surface area contributed by atoms with Gasteiger partial charge in [-0.2, -0.15) is 0 Å². The number of aryl methyl sites for hydroxylation is 2. The van der Waals surface area contributed by atoms with Crippen molar-refractivity contribution < 1.29 is 4.84 Å². The molecule has 10 heavy (non-hydrogen) atoms. The Bertz CT molecular complexity index is 222. The molecule has 1 heterocycles. The summed E-state index contributed by atoms with van der Waals surface area (Å²) >= 11 is 1.62. The third-order valence-electron chi connectivity index (χ3n) is 1.21. The van der Waals surface area contributed by atoms with Crippen molar-refractivity contribution in [2.75, 3.05) is 0 Å². The van der Waals surface area contributed by atoms with Gasteiger partial charge < -0.3 is 0 Å². The summed E-state index contributed by atoms with van der Waals surface area (Å²) in [6, 6.07) is 0. The van der Waals surface area contributed by atoms with Crippen LogP contribution in [0.1, 0.15) is 15.6 Å². The molecule has 0 aromatic carbocycles. The van der Waals surface area contributed by atoms with Gasteiger partial charge >= 0.3 is 0 Å². The Morgan fingerprint density at radius 2 is 2.30 bits per heavy atom. The van der Waals surface area contributed by atoms with Crippen LogP contribution in [0.25, 0.3) is 0 Å². The number of rotatable bonds is 2. The largest absolute Gasteiger partial charge is 0.299 e. The summed E-state index contributed by atoms with van der Waals surface area (Å²) in [7, 11) is 0. The predicted molar refractivity (Wildman–Crippen MR) is 40.6 cm³/mol. The fourth-order valence-corrected chi connectivity index (χ4v) is 1.64. The highest BCUT2D eigenvalue weighted by molar-refractivity contribution is 7.11. The lowest BCUT2D eigenvalue weighted by Crippen LogP contribution is -1.97. The molecule has 1 rings (SSSR count). The van der Waals surface area contributed by atoms with Crippen LogP contribution in [0.4, 0.5) is 0 Å². The zero-order chi connectivity index (χ0) is 7.56. The minimum absolute atomic E-state index is 0.470. The quantitative estimate of drug-likeness (QED) is 0.657. The SMILES string of the molecule is Cc1nc(C)c(CON)s1. The average Bonchev–Trinajstić information content (AvgIpc) is 2.13. The van der Waals surface area contributed by atoms with Crippen molar-refractivity contribution >= 4 is 11.3 Å². The monoisotopic (exact) mass is 158 g/mol. The molecule has 0 saturated heterocycles. The van der Waals surface area contributed by atoms with E-state index in [2.05, 4.69) is 9.82 Å². The van der Waals surface area contributed by atoms with Crippen LogP contribution in [0.15, 0.2) is 0 Å². The van der Waals surface area contributed by atoms with Crippen molar-refractivity contribution in [3.8, 4) is 0 Å². The molecule has 0 fully saturated rings. The number of hydrogen-bond acceptors (Lipinski definition) is 4. The standard InChI is InChI=1S/C6H10N2OS/c1-4-6(3-9-7)10-5(2)8-4/h3,7H2,1-2H3. The van der Waals surface area contributed by atoms with Gasteiger partial charge in [-0.15, -0.1) is 11.3 Å². The van der Waals surface area contributed by atoms with Gasteiger partial charge in [-0.25, -0.2) is 10.9 Å². The zero-order valence-corrected chi connectivity index (χ0v) is 6.86. The molecule has 0 aliphatic rings. The van der Waals surface area contributed by atoms with Crippen molar-refractivity contribution in [3.05, 3.63) is 15.6 Å². The Kier molecular flexibility index (Phi) is 2.37. The highest BCUT2D eigenvalue weighted by Gasteiger charge is 2.02. The van der Waals surface area contributed by atoms with Crippen LogP contribution in [-0.4, -0.2) is 4.98 Å². The number of hydrogen-bond donors (Lipinski definition) is 1. The molecule has 4 heteroatoms. The first kappa shape index (κ1) is 7.65. The van der Waals surface area contributed by atoms with Crippen molar-refractivity contribution in [3.63, 3.8) is 0 Å². The average molecular weight is 158 g/mol. The van der Waals surface area contributed by atoms with Gasteiger partial charge in [0.15, 0.2) is 0 Å². The van der Waals surface area contributed by atoms with Gasteiger partial charge in [0.25, 0.3) is 0 Å². The van der Waals surface area contributed by atoms with E-state index in [0.29, 0.717) is 6.61 Å². The van der Waals surface area contributed by atoms with E-state index in [1.807, 2.05) is 13.8 Å². The van der Waals surface area contributed by atoms with Crippen molar-refractivity contribution in [1.82, 2.24) is 4.98 Å². The molecule has 3 nitrogen and oxygen atoms in total. The fraction of sp³-hybridized carbons (Fsp3) is 0.500. The summed E-state index contributed by atoms with van der Waals surface area (Å²) in [4.78, 5) is 9.82. The molecular formula is C6H10N2OS. The Balaban J connectivity index is 2.81. The van der Waals surface area contributed by atoms with E-state index in [-0.39, 0.29) is 0 Å². The molecule has 0 amide bonds. The van der Waals surface area contributed by atoms with Crippen molar-refractivity contribution in [2.45, 2.75) is 20.5 Å². The highest BCUT2D eigenvalue weighted by atomic mass is 32.1. The van der Waals surface area contributed by atoms with Crippen LogP contribution in [0.5, 0.6) is 0 Å². The first-order valence-electron chi connectivity index (χ1n) is 2.98. The first-order valence-corrected chi connectivity index (χ1v) is 3.80. The van der Waals surface area contributed by atoms with Crippen molar-refractivity contribution in [2.24, 2.45) is 5.90 Å². The number of thiazole rings is 1. The molecule has 2 N–H and O–H groups in total. The second-order valence-corrected chi connectivity index (χ2v) is 3.34. The van der Waals surface area contributed by atoms with Crippen LogP contribution in [0, 0.1) is 13.8 Å². The zero-order valence-electron chi connectivity index (χ0n) is 6.05. The molecule has 0 bridgehead atoms. The Hall–Kier alpha value is -0.450. The summed E-state index contributed by atoms with van der Waals surface area (Å²) in [6.07, 6.45) is 0. The van der Waals surface area contributed by atoms with Gasteiger partial charge in [0.1, 0.15) is 6.61 Å². The third-order valence-corrected chi connectivity index (χ3v) is 2.26. The fourth-order valence-electron chi connectivity index (χ4n) is 0.783. The normalized spacial score (nSPS) is 10.3. The number of nitrogens with two attached hydrogens (primary N) is 1. The van der Waals surface area contributed by atoms with Gasteiger partial charge in [-0.1, -0.05) is 0 Å². The van der Waals surface area contributed by atoms with Gasteiger partial charge in [0.2, 0.25) is 0 Å². The summed E-state index contributed by atoms with van der Waals surface area (Å²) in [5.74, 6) is 4.92. The maximum Gasteiger partial charge on any atom is 0.104 e. The molecule has 0 saturated carbocycles. The summed E-state index contributed by atoms with van der Waals surface area (Å²) < 4.78 is 0.